The Morgan fingerprint density at radius 1 is 0.985 bits per heavy atom. The molecule has 1 atom stereocenters. The average molecular weight is 1010 g/mol. The van der Waals surface area contributed by atoms with Gasteiger partial charge in [-0.3, -0.25) is 24.0 Å². The number of H-pyrrole nitrogens is 1. The standard InChI is InChI=1S/C47H42BrCl2N9O6S/c48-30-13-15-33-37(24-30)54-46(62)42(33)44-43(34-10-4-5-11-36(34)53-44)56-65-22-7-19-51-40(60)18-21-58-27-31(55-57-58)28-64-38-16-14-32(25-35(38)50)59(41(61)26-49)45(39-12-6-23-66-39)47(63)52-20-17-29-8-2-1-3-9-29/h1-6,8-16,23-25,27,45,54,62H,7,17-22,26,28H2,(H,51,60)(H,52,63)/b56-43+. The zero-order chi connectivity index (χ0) is 46.0. The van der Waals surface area contributed by atoms with E-state index in [1.54, 1.807) is 35.1 Å². The predicted molar refractivity (Wildman–Crippen MR) is 259 cm³/mol. The summed E-state index contributed by atoms with van der Waals surface area (Å²) in [6, 6.07) is 30.5. The van der Waals surface area contributed by atoms with Crippen LogP contribution in [0.25, 0.3) is 10.9 Å². The smallest absolute Gasteiger partial charge is 0.248 e. The largest absolute Gasteiger partial charge is 0.494 e. The fourth-order valence-corrected chi connectivity index (χ4v) is 8.86. The number of aromatic nitrogens is 4. The van der Waals surface area contributed by atoms with Gasteiger partial charge in [0, 0.05) is 51.9 Å². The van der Waals surface area contributed by atoms with Gasteiger partial charge in [0.1, 0.15) is 48.0 Å². The maximum atomic E-state index is 13.7. The molecule has 7 aromatic rings. The minimum atomic E-state index is -0.982. The highest BCUT2D eigenvalue weighted by Crippen LogP contribution is 2.38. The van der Waals surface area contributed by atoms with Crippen LogP contribution in [0.15, 0.2) is 129 Å². The van der Waals surface area contributed by atoms with E-state index in [9.17, 15) is 19.5 Å². The van der Waals surface area contributed by atoms with E-state index < -0.39 is 11.9 Å². The fourth-order valence-electron chi connectivity index (χ4n) is 7.33. The lowest BCUT2D eigenvalue weighted by Gasteiger charge is -2.30. The van der Waals surface area contributed by atoms with E-state index in [0.717, 1.165) is 32.2 Å². The summed E-state index contributed by atoms with van der Waals surface area (Å²) in [5.41, 5.74) is 5.75. The first-order chi connectivity index (χ1) is 32.2. The molecule has 1 aliphatic heterocycles. The number of aliphatic imine (C=N–C) groups is 1. The first-order valence-corrected chi connectivity index (χ1v) is 23.5. The minimum absolute atomic E-state index is 0.0163. The number of carbonyl (C=O) groups excluding carboxylic acids is 3. The van der Waals surface area contributed by atoms with Crippen molar-refractivity contribution < 1.29 is 29.1 Å². The Bertz CT molecular complexity index is 2910. The number of halogens is 3. The number of aryl methyl sites for hydroxylation is 1. The van der Waals surface area contributed by atoms with Crippen LogP contribution in [0.5, 0.6) is 11.6 Å². The number of amides is 3. The van der Waals surface area contributed by atoms with Gasteiger partial charge in [-0.25, -0.2) is 4.99 Å². The van der Waals surface area contributed by atoms with E-state index in [1.165, 1.54) is 16.2 Å². The van der Waals surface area contributed by atoms with Gasteiger partial charge in [-0.2, -0.15) is 0 Å². The number of fused-ring (bicyclic) bond motifs is 2. The summed E-state index contributed by atoms with van der Waals surface area (Å²) in [4.78, 5) is 55.3. The summed E-state index contributed by atoms with van der Waals surface area (Å²) in [5.74, 6) is -1.04. The highest BCUT2D eigenvalue weighted by molar-refractivity contribution is 9.10. The van der Waals surface area contributed by atoms with Crippen molar-refractivity contribution in [1.82, 2.24) is 30.6 Å². The number of hydrogen-bond donors (Lipinski definition) is 4. The second kappa shape index (κ2) is 21.6. The van der Waals surface area contributed by atoms with Crippen LogP contribution in [-0.2, 0) is 38.8 Å². The van der Waals surface area contributed by atoms with Crippen LogP contribution in [0, 0.1) is 0 Å². The number of nitrogens with one attached hydrogen (secondary N) is 3. The number of carbonyl (C=O) groups is 3. The SMILES string of the molecule is O=C(CCn1cc(COc2ccc(N(C(=O)CCl)C(C(=O)NCCc3ccccc3)c3cccs3)cc2Cl)nn1)NCCCO/N=C1/C(c2c(O)[nH]c3cc(Br)ccc23)=Nc2ccccc21. The maximum absolute atomic E-state index is 13.7. The summed E-state index contributed by atoms with van der Waals surface area (Å²) < 4.78 is 8.39. The zero-order valence-electron chi connectivity index (χ0n) is 35.1. The van der Waals surface area contributed by atoms with Crippen LogP contribution in [0.2, 0.25) is 5.02 Å². The maximum Gasteiger partial charge on any atom is 0.248 e. The molecule has 0 radical (unpaired) electrons. The Hall–Kier alpha value is -6.53. The number of anilines is 1. The third-order valence-electron chi connectivity index (χ3n) is 10.5. The molecule has 4 heterocycles. The molecule has 66 heavy (non-hydrogen) atoms. The normalized spacial score (nSPS) is 13.0. The van der Waals surface area contributed by atoms with Crippen LogP contribution >= 0.6 is 50.5 Å². The number of alkyl halides is 1. The molecular formula is C47H42BrCl2N9O6S. The molecule has 15 nitrogen and oxygen atoms in total. The predicted octanol–water partition coefficient (Wildman–Crippen LogP) is 8.65. The van der Waals surface area contributed by atoms with Crippen LogP contribution in [0.1, 0.15) is 46.1 Å². The number of rotatable bonds is 20. The molecule has 0 bridgehead atoms. The molecule has 338 valence electrons. The summed E-state index contributed by atoms with van der Waals surface area (Å²) in [6.07, 6.45) is 2.97. The molecule has 3 aromatic heterocycles. The summed E-state index contributed by atoms with van der Waals surface area (Å²) >= 11 is 17.6. The summed E-state index contributed by atoms with van der Waals surface area (Å²) in [5, 5.41) is 32.3. The Labute approximate surface area is 401 Å². The van der Waals surface area contributed by atoms with Gasteiger partial charge in [-0.15, -0.1) is 28.0 Å². The topological polar surface area (TPSA) is 188 Å². The van der Waals surface area contributed by atoms with Gasteiger partial charge >= 0.3 is 0 Å². The number of aromatic amines is 1. The molecule has 4 aromatic carbocycles. The first-order valence-electron chi connectivity index (χ1n) is 20.9. The van der Waals surface area contributed by atoms with Crippen LogP contribution in [-0.4, -0.2) is 79.8 Å². The number of ether oxygens (including phenoxy) is 1. The third kappa shape index (κ3) is 10.9. The molecular weight excluding hydrogens is 969 g/mol. The van der Waals surface area contributed by atoms with Gasteiger partial charge in [-0.1, -0.05) is 98.6 Å². The molecule has 0 saturated carbocycles. The number of benzene rings is 4. The van der Waals surface area contributed by atoms with Crippen molar-refractivity contribution >= 4 is 102 Å². The number of para-hydroxylation sites is 1. The molecule has 0 aliphatic carbocycles. The van der Waals surface area contributed by atoms with Gasteiger partial charge in [0.05, 0.1) is 34.5 Å². The van der Waals surface area contributed by atoms with Crippen molar-refractivity contribution in [2.24, 2.45) is 10.1 Å². The van der Waals surface area contributed by atoms with Crippen molar-refractivity contribution in [3.8, 4) is 11.6 Å². The molecule has 8 rings (SSSR count). The third-order valence-corrected chi connectivity index (χ3v) is 12.4. The fraction of sp³-hybridized carbons (Fsp3) is 0.213. The Balaban J connectivity index is 0.804. The van der Waals surface area contributed by atoms with Gasteiger partial charge in [0.2, 0.25) is 17.7 Å². The molecule has 0 spiro atoms. The lowest BCUT2D eigenvalue weighted by molar-refractivity contribution is -0.125. The molecule has 3 amide bonds. The molecule has 4 N–H and O–H groups in total. The van der Waals surface area contributed by atoms with Gasteiger partial charge in [0.15, 0.2) is 5.88 Å². The number of thiophene rings is 1. The number of nitrogens with zero attached hydrogens (tertiary/aromatic N) is 6. The Kier molecular flexibility index (Phi) is 15.1. The Morgan fingerprint density at radius 3 is 2.62 bits per heavy atom. The lowest BCUT2D eigenvalue weighted by atomic mass is 10.0. The molecule has 19 heteroatoms. The molecule has 0 fully saturated rings. The van der Waals surface area contributed by atoms with Crippen molar-refractivity contribution in [2.45, 2.75) is 38.5 Å². The van der Waals surface area contributed by atoms with Gasteiger partial charge < -0.3 is 30.3 Å². The van der Waals surface area contributed by atoms with Crippen LogP contribution in [0.3, 0.4) is 0 Å². The molecule has 0 saturated heterocycles. The van der Waals surface area contributed by atoms with Gasteiger partial charge in [0.25, 0.3) is 0 Å². The van der Waals surface area contributed by atoms with E-state index in [0.29, 0.717) is 64.9 Å². The quantitative estimate of drug-likeness (QED) is 0.0332. The molecule has 1 unspecified atom stereocenters. The average Bonchev–Trinajstić information content (AvgIpc) is 4.15. The van der Waals surface area contributed by atoms with Crippen LogP contribution in [0.4, 0.5) is 11.4 Å². The van der Waals surface area contributed by atoms with E-state index in [-0.39, 0.29) is 54.8 Å². The Morgan fingerprint density at radius 2 is 1.82 bits per heavy atom. The lowest BCUT2D eigenvalue weighted by Crippen LogP contribution is -2.44. The van der Waals surface area contributed by atoms with Crippen molar-refractivity contribution in [1.29, 1.82) is 0 Å². The number of aromatic hydroxyl groups is 1. The first kappa shape index (κ1) is 46.0. The number of hydrogen-bond acceptors (Lipinski definition) is 11. The monoisotopic (exact) mass is 1010 g/mol. The van der Waals surface area contributed by atoms with Gasteiger partial charge in [-0.05, 0) is 59.8 Å². The minimum Gasteiger partial charge on any atom is -0.494 e. The van der Waals surface area contributed by atoms with Crippen LogP contribution < -0.4 is 20.3 Å². The van der Waals surface area contributed by atoms with Crippen molar-refractivity contribution in [3.05, 3.63) is 151 Å². The summed E-state index contributed by atoms with van der Waals surface area (Å²) in [7, 11) is 0. The van der Waals surface area contributed by atoms with E-state index in [1.807, 2.05) is 84.2 Å². The van der Waals surface area contributed by atoms with E-state index in [4.69, 9.17) is 37.8 Å². The van der Waals surface area contributed by atoms with E-state index in [2.05, 4.69) is 47.0 Å². The van der Waals surface area contributed by atoms with Crippen molar-refractivity contribution in [3.63, 3.8) is 0 Å². The zero-order valence-corrected chi connectivity index (χ0v) is 39.0. The molecule has 1 aliphatic rings. The second-order valence-electron chi connectivity index (χ2n) is 15.0. The highest BCUT2D eigenvalue weighted by Gasteiger charge is 2.34. The number of oxime groups is 1. The van der Waals surface area contributed by atoms with E-state index >= 15 is 0 Å². The highest BCUT2D eigenvalue weighted by atomic mass is 79.9. The second-order valence-corrected chi connectivity index (χ2v) is 17.5. The van der Waals surface area contributed by atoms with Crippen molar-refractivity contribution in [2.75, 3.05) is 30.5 Å². The summed E-state index contributed by atoms with van der Waals surface area (Å²) in [6.45, 7) is 1.29.